The van der Waals surface area contributed by atoms with Gasteiger partial charge in [-0.25, -0.2) is 0 Å². The number of ketones is 1. The second kappa shape index (κ2) is 7.60. The highest BCUT2D eigenvalue weighted by molar-refractivity contribution is 6.03. The van der Waals surface area contributed by atoms with Crippen LogP contribution in [0.1, 0.15) is 45.4 Å². The van der Waals surface area contributed by atoms with Crippen LogP contribution >= 0.6 is 0 Å². The average molecular weight is 237 g/mol. The molecule has 0 saturated carbocycles. The van der Waals surface area contributed by atoms with Gasteiger partial charge in [0.25, 0.3) is 0 Å². The van der Waals surface area contributed by atoms with Gasteiger partial charge in [-0.2, -0.15) is 5.10 Å². The van der Waals surface area contributed by atoms with Crippen molar-refractivity contribution in [1.82, 2.24) is 10.2 Å². The third-order valence-electron chi connectivity index (χ3n) is 2.44. The third kappa shape index (κ3) is 5.85. The Morgan fingerprint density at radius 3 is 2.82 bits per heavy atom. The quantitative estimate of drug-likeness (QED) is 0.538. The van der Waals surface area contributed by atoms with E-state index >= 15 is 0 Å². The largest absolute Gasteiger partial charge is 0.311 e. The molecule has 5 heteroatoms. The first-order valence-corrected chi connectivity index (χ1v) is 6.03. The number of H-pyrrole nitrogens is 1. The molecule has 0 aromatic carbocycles. The molecule has 0 aliphatic rings. The van der Waals surface area contributed by atoms with Crippen molar-refractivity contribution in [2.24, 2.45) is 0 Å². The molecule has 0 bridgehead atoms. The molecule has 2 N–H and O–H groups in total. The molecule has 0 fully saturated rings. The molecule has 0 aliphatic heterocycles. The molecule has 1 aromatic heterocycles. The maximum atomic E-state index is 11.5. The van der Waals surface area contributed by atoms with Gasteiger partial charge in [-0.1, -0.05) is 26.2 Å². The van der Waals surface area contributed by atoms with Gasteiger partial charge in [0.05, 0.1) is 12.6 Å². The first-order valence-electron chi connectivity index (χ1n) is 6.03. The number of Topliss-reactive ketones (excluding diaryl/α,β-unsaturated/α-hetero) is 1. The molecule has 0 saturated heterocycles. The van der Waals surface area contributed by atoms with E-state index in [0.29, 0.717) is 12.2 Å². The highest BCUT2D eigenvalue weighted by atomic mass is 16.2. The topological polar surface area (TPSA) is 74.8 Å². The van der Waals surface area contributed by atoms with E-state index in [0.717, 1.165) is 25.7 Å². The van der Waals surface area contributed by atoms with Crippen molar-refractivity contribution < 1.29 is 9.59 Å². The zero-order valence-corrected chi connectivity index (χ0v) is 10.2. The van der Waals surface area contributed by atoms with Crippen molar-refractivity contribution in [3.05, 3.63) is 12.3 Å². The van der Waals surface area contributed by atoms with Crippen LogP contribution in [0.15, 0.2) is 12.3 Å². The molecule has 0 atom stereocenters. The van der Waals surface area contributed by atoms with E-state index in [1.807, 2.05) is 0 Å². The summed E-state index contributed by atoms with van der Waals surface area (Å²) >= 11 is 0. The van der Waals surface area contributed by atoms with Crippen LogP contribution in [0.2, 0.25) is 0 Å². The number of anilines is 1. The Hall–Kier alpha value is -1.65. The lowest BCUT2D eigenvalue weighted by Crippen LogP contribution is -2.16. The summed E-state index contributed by atoms with van der Waals surface area (Å²) in [5.74, 6) is 0.238. The lowest BCUT2D eigenvalue weighted by molar-refractivity contribution is -0.125. The summed E-state index contributed by atoms with van der Waals surface area (Å²) < 4.78 is 0. The Morgan fingerprint density at radius 2 is 2.18 bits per heavy atom. The van der Waals surface area contributed by atoms with Crippen LogP contribution in [0, 0.1) is 0 Å². The number of unbranched alkanes of at least 4 members (excludes halogenated alkanes) is 3. The monoisotopic (exact) mass is 237 g/mol. The van der Waals surface area contributed by atoms with E-state index in [9.17, 15) is 9.59 Å². The maximum Gasteiger partial charge on any atom is 0.232 e. The van der Waals surface area contributed by atoms with Crippen LogP contribution in [0.5, 0.6) is 0 Å². The number of rotatable bonds is 8. The number of carbonyl (C=O) groups excluding carboxylic acids is 2. The van der Waals surface area contributed by atoms with Crippen molar-refractivity contribution in [2.45, 2.75) is 45.4 Å². The van der Waals surface area contributed by atoms with Crippen molar-refractivity contribution in [3.63, 3.8) is 0 Å². The predicted molar refractivity (Wildman–Crippen MR) is 65.6 cm³/mol. The molecule has 0 radical (unpaired) electrons. The zero-order chi connectivity index (χ0) is 12.5. The van der Waals surface area contributed by atoms with E-state index in [1.54, 1.807) is 12.3 Å². The van der Waals surface area contributed by atoms with E-state index in [4.69, 9.17) is 0 Å². The molecule has 1 aromatic rings. The zero-order valence-electron chi connectivity index (χ0n) is 10.2. The molecular weight excluding hydrogens is 218 g/mol. The minimum absolute atomic E-state index is 0.00174. The summed E-state index contributed by atoms with van der Waals surface area (Å²) in [5.41, 5.74) is 0. The molecule has 0 unspecified atom stereocenters. The predicted octanol–water partition coefficient (Wildman–Crippen LogP) is 2.28. The van der Waals surface area contributed by atoms with Crippen LogP contribution in [0.25, 0.3) is 0 Å². The second-order valence-corrected chi connectivity index (χ2v) is 4.04. The normalized spacial score (nSPS) is 10.2. The summed E-state index contributed by atoms with van der Waals surface area (Å²) in [6.07, 6.45) is 6.22. The van der Waals surface area contributed by atoms with Crippen molar-refractivity contribution in [3.8, 4) is 0 Å². The van der Waals surface area contributed by atoms with E-state index in [-0.39, 0.29) is 18.1 Å². The van der Waals surface area contributed by atoms with E-state index in [1.165, 1.54) is 0 Å². The number of nitrogens with zero attached hydrogens (tertiary/aromatic N) is 1. The fourth-order valence-electron chi connectivity index (χ4n) is 1.54. The van der Waals surface area contributed by atoms with Gasteiger partial charge < -0.3 is 5.32 Å². The molecule has 1 amide bonds. The van der Waals surface area contributed by atoms with Crippen LogP contribution in [0.4, 0.5) is 5.82 Å². The molecule has 94 valence electrons. The number of carbonyl (C=O) groups is 2. The summed E-state index contributed by atoms with van der Waals surface area (Å²) in [5, 5.41) is 8.88. The smallest absolute Gasteiger partial charge is 0.232 e. The SMILES string of the molecule is CCCCCCC(=O)CC(=O)Nc1ccn[nH]1. The van der Waals surface area contributed by atoms with Gasteiger partial charge in [-0.05, 0) is 6.42 Å². The minimum Gasteiger partial charge on any atom is -0.311 e. The maximum absolute atomic E-state index is 11.5. The number of nitrogens with one attached hydrogen (secondary N) is 2. The fraction of sp³-hybridized carbons (Fsp3) is 0.583. The molecule has 1 rings (SSSR count). The van der Waals surface area contributed by atoms with Gasteiger partial charge in [0, 0.05) is 12.5 Å². The molecule has 17 heavy (non-hydrogen) atoms. The Balaban J connectivity index is 2.15. The first-order chi connectivity index (χ1) is 8.22. The van der Waals surface area contributed by atoms with E-state index in [2.05, 4.69) is 22.4 Å². The number of aromatic amines is 1. The lowest BCUT2D eigenvalue weighted by Gasteiger charge is -2.02. The number of amides is 1. The second-order valence-electron chi connectivity index (χ2n) is 4.04. The van der Waals surface area contributed by atoms with Gasteiger partial charge in [-0.3, -0.25) is 14.7 Å². The standard InChI is InChI=1S/C12H19N3O2/c1-2-3-4-5-6-10(16)9-12(17)14-11-7-8-13-15-11/h7-8H,2-6,9H2,1H3,(H2,13,14,15,17). The van der Waals surface area contributed by atoms with Crippen molar-refractivity contribution >= 4 is 17.5 Å². The minimum atomic E-state index is -0.283. The number of aromatic nitrogens is 2. The first kappa shape index (κ1) is 13.4. The van der Waals surface area contributed by atoms with Crippen LogP contribution in [0.3, 0.4) is 0 Å². The van der Waals surface area contributed by atoms with Crippen molar-refractivity contribution in [2.75, 3.05) is 5.32 Å². The van der Waals surface area contributed by atoms with Gasteiger partial charge in [-0.15, -0.1) is 0 Å². The van der Waals surface area contributed by atoms with Gasteiger partial charge in [0.2, 0.25) is 5.91 Å². The molecule has 1 heterocycles. The van der Waals surface area contributed by atoms with Crippen LogP contribution in [-0.2, 0) is 9.59 Å². The summed E-state index contributed by atoms with van der Waals surface area (Å²) in [4.78, 5) is 22.9. The van der Waals surface area contributed by atoms with Gasteiger partial charge in [0.1, 0.15) is 11.6 Å². The highest BCUT2D eigenvalue weighted by Gasteiger charge is 2.09. The Labute approximate surface area is 101 Å². The highest BCUT2D eigenvalue weighted by Crippen LogP contribution is 2.05. The van der Waals surface area contributed by atoms with Gasteiger partial charge in [0.15, 0.2) is 0 Å². The Kier molecular flexibility index (Phi) is 5.99. The Bertz CT molecular complexity index is 347. The Morgan fingerprint density at radius 1 is 1.35 bits per heavy atom. The van der Waals surface area contributed by atoms with Crippen LogP contribution < -0.4 is 5.32 Å². The van der Waals surface area contributed by atoms with E-state index < -0.39 is 0 Å². The van der Waals surface area contributed by atoms with Crippen LogP contribution in [-0.4, -0.2) is 21.9 Å². The summed E-state index contributed by atoms with van der Waals surface area (Å²) in [7, 11) is 0. The van der Waals surface area contributed by atoms with Gasteiger partial charge >= 0.3 is 0 Å². The molecule has 0 spiro atoms. The fourth-order valence-corrected chi connectivity index (χ4v) is 1.54. The summed E-state index contributed by atoms with van der Waals surface area (Å²) in [6.45, 7) is 2.12. The number of hydrogen-bond acceptors (Lipinski definition) is 3. The third-order valence-corrected chi connectivity index (χ3v) is 2.44. The molecular formula is C12H19N3O2. The molecule has 0 aliphatic carbocycles. The number of hydrogen-bond donors (Lipinski definition) is 2. The average Bonchev–Trinajstić information content (AvgIpc) is 2.77. The molecule has 5 nitrogen and oxygen atoms in total. The van der Waals surface area contributed by atoms with Crippen molar-refractivity contribution in [1.29, 1.82) is 0 Å². The summed E-state index contributed by atoms with van der Waals surface area (Å²) in [6, 6.07) is 1.64. The lowest BCUT2D eigenvalue weighted by atomic mass is 10.1.